The molecule has 23 heavy (non-hydrogen) atoms. The molecule has 7 heteroatoms. The number of nitrogens with zero attached hydrogens (tertiary/aromatic N) is 2. The van der Waals surface area contributed by atoms with Gasteiger partial charge in [0, 0.05) is 18.0 Å². The minimum Gasteiger partial charge on any atom is -0.465 e. The van der Waals surface area contributed by atoms with Crippen LogP contribution in [0.2, 0.25) is 0 Å². The van der Waals surface area contributed by atoms with Crippen LogP contribution < -0.4 is 5.32 Å². The minimum absolute atomic E-state index is 0.252. The Morgan fingerprint density at radius 1 is 1.43 bits per heavy atom. The maximum absolute atomic E-state index is 12.6. The molecule has 2 aliphatic rings. The van der Waals surface area contributed by atoms with E-state index in [2.05, 4.69) is 10.2 Å². The third-order valence-corrected chi connectivity index (χ3v) is 5.07. The Morgan fingerprint density at radius 2 is 2.22 bits per heavy atom. The summed E-state index contributed by atoms with van der Waals surface area (Å²) in [6.45, 7) is 3.77. The van der Waals surface area contributed by atoms with Gasteiger partial charge in [-0.1, -0.05) is 6.07 Å². The van der Waals surface area contributed by atoms with E-state index >= 15 is 0 Å². The van der Waals surface area contributed by atoms with Crippen molar-refractivity contribution in [2.24, 2.45) is 10.9 Å². The Balaban J connectivity index is 1.91. The van der Waals surface area contributed by atoms with E-state index in [0.717, 1.165) is 30.8 Å². The van der Waals surface area contributed by atoms with Gasteiger partial charge in [0.2, 0.25) is 11.9 Å². The van der Waals surface area contributed by atoms with E-state index in [1.165, 1.54) is 17.8 Å². The number of ether oxygens (including phenoxy) is 1. The van der Waals surface area contributed by atoms with E-state index in [-0.39, 0.29) is 12.5 Å². The molecule has 1 fully saturated rings. The van der Waals surface area contributed by atoms with Gasteiger partial charge in [0.1, 0.15) is 6.04 Å². The number of thiophene rings is 1. The topological polar surface area (TPSA) is 71.0 Å². The normalized spacial score (nSPS) is 24.8. The molecule has 1 saturated heterocycles. The Bertz CT molecular complexity index is 594. The van der Waals surface area contributed by atoms with Crippen molar-refractivity contribution in [2.45, 2.75) is 32.2 Å². The largest absolute Gasteiger partial charge is 0.465 e. The average Bonchev–Trinajstić information content (AvgIpc) is 3.09. The van der Waals surface area contributed by atoms with E-state index in [1.54, 1.807) is 6.92 Å². The van der Waals surface area contributed by atoms with Crippen molar-refractivity contribution in [3.63, 3.8) is 0 Å². The molecule has 6 nitrogen and oxygen atoms in total. The standard InChI is InChI=1S/C16H21N3O3S/c1-2-22-15(21)12-13(11-7-6-10-23-11)17-16(18-14(12)20)19-8-4-3-5-9-19/h6-7,10,12-13H,2-5,8-9H2,1H3,(H,17,18,20)/t12-,13+/m0/s1. The Hall–Kier alpha value is -1.89. The fraction of sp³-hybridized carbons (Fsp3) is 0.562. The predicted octanol–water partition coefficient (Wildman–Crippen LogP) is 1.94. The van der Waals surface area contributed by atoms with Gasteiger partial charge in [0.05, 0.1) is 6.61 Å². The van der Waals surface area contributed by atoms with Gasteiger partial charge in [-0.2, -0.15) is 0 Å². The molecule has 0 aromatic carbocycles. The lowest BCUT2D eigenvalue weighted by molar-refractivity contribution is -0.153. The van der Waals surface area contributed by atoms with Crippen LogP contribution in [0.25, 0.3) is 0 Å². The van der Waals surface area contributed by atoms with Crippen LogP contribution in [0.4, 0.5) is 0 Å². The molecule has 0 bridgehead atoms. The predicted molar refractivity (Wildman–Crippen MR) is 88.2 cm³/mol. The van der Waals surface area contributed by atoms with Crippen LogP contribution in [-0.4, -0.2) is 42.4 Å². The molecular formula is C16H21N3O3S. The molecule has 3 rings (SSSR count). The number of piperidine rings is 1. The van der Waals surface area contributed by atoms with Crippen molar-refractivity contribution in [1.29, 1.82) is 0 Å². The minimum atomic E-state index is -0.915. The molecule has 2 atom stereocenters. The molecule has 0 spiro atoms. The molecule has 0 saturated carbocycles. The maximum atomic E-state index is 12.6. The summed E-state index contributed by atoms with van der Waals surface area (Å²) in [4.78, 5) is 32.5. The van der Waals surface area contributed by atoms with Crippen molar-refractivity contribution < 1.29 is 14.3 Å². The molecule has 124 valence electrons. The monoisotopic (exact) mass is 335 g/mol. The number of amides is 1. The first-order valence-electron chi connectivity index (χ1n) is 8.04. The van der Waals surface area contributed by atoms with Gasteiger partial charge in [-0.05, 0) is 37.6 Å². The number of carbonyl (C=O) groups is 2. The number of hydrogen-bond acceptors (Lipinski definition) is 6. The van der Waals surface area contributed by atoms with Crippen molar-refractivity contribution >= 4 is 29.2 Å². The molecule has 1 aromatic rings. The third kappa shape index (κ3) is 3.39. The first-order chi connectivity index (χ1) is 11.2. The molecule has 2 aliphatic heterocycles. The van der Waals surface area contributed by atoms with Gasteiger partial charge in [0.25, 0.3) is 0 Å². The second-order valence-corrected chi connectivity index (χ2v) is 6.66. The number of carbonyl (C=O) groups excluding carboxylic acids is 2. The van der Waals surface area contributed by atoms with Gasteiger partial charge in [0.15, 0.2) is 5.92 Å². The molecular weight excluding hydrogens is 314 g/mol. The first-order valence-corrected chi connectivity index (χ1v) is 8.92. The van der Waals surface area contributed by atoms with Crippen LogP contribution in [0.15, 0.2) is 22.5 Å². The van der Waals surface area contributed by atoms with E-state index in [4.69, 9.17) is 9.73 Å². The van der Waals surface area contributed by atoms with Crippen molar-refractivity contribution in [1.82, 2.24) is 10.2 Å². The lowest BCUT2D eigenvalue weighted by Crippen LogP contribution is -2.53. The highest BCUT2D eigenvalue weighted by atomic mass is 32.1. The van der Waals surface area contributed by atoms with Gasteiger partial charge >= 0.3 is 5.97 Å². The van der Waals surface area contributed by atoms with Crippen LogP contribution in [0.5, 0.6) is 0 Å². The lowest BCUT2D eigenvalue weighted by Gasteiger charge is -2.34. The highest BCUT2D eigenvalue weighted by Gasteiger charge is 2.42. The number of nitrogens with one attached hydrogen (secondary N) is 1. The summed E-state index contributed by atoms with van der Waals surface area (Å²) in [5.41, 5.74) is 0. The second-order valence-electron chi connectivity index (χ2n) is 5.68. The molecule has 3 heterocycles. The van der Waals surface area contributed by atoms with Crippen LogP contribution in [0.3, 0.4) is 0 Å². The highest BCUT2D eigenvalue weighted by molar-refractivity contribution is 7.10. The molecule has 1 N–H and O–H groups in total. The van der Waals surface area contributed by atoms with E-state index in [0.29, 0.717) is 5.96 Å². The first kappa shape index (κ1) is 16.0. The number of likely N-dealkylation sites (tertiary alicyclic amines) is 1. The van der Waals surface area contributed by atoms with Crippen molar-refractivity contribution in [3.05, 3.63) is 22.4 Å². The zero-order valence-electron chi connectivity index (χ0n) is 13.2. The smallest absolute Gasteiger partial charge is 0.321 e. The summed E-state index contributed by atoms with van der Waals surface area (Å²) in [6.07, 6.45) is 3.40. The molecule has 1 amide bonds. The summed E-state index contributed by atoms with van der Waals surface area (Å²) in [7, 11) is 0. The van der Waals surface area contributed by atoms with Crippen LogP contribution in [0.1, 0.15) is 37.1 Å². The Kier molecular flexibility index (Phi) is 4.95. The van der Waals surface area contributed by atoms with Crippen LogP contribution in [-0.2, 0) is 14.3 Å². The number of rotatable bonds is 3. The summed E-state index contributed by atoms with van der Waals surface area (Å²) in [6, 6.07) is 3.32. The number of hydrogen-bond donors (Lipinski definition) is 1. The van der Waals surface area contributed by atoms with E-state index in [1.807, 2.05) is 17.5 Å². The SMILES string of the molecule is CCOC(=O)[C@@H]1C(=O)NC(N2CCCCC2)=N[C@@H]1c1cccs1. The maximum Gasteiger partial charge on any atom is 0.321 e. The van der Waals surface area contributed by atoms with Crippen LogP contribution in [0, 0.1) is 5.92 Å². The van der Waals surface area contributed by atoms with E-state index in [9.17, 15) is 9.59 Å². The Morgan fingerprint density at radius 3 is 2.87 bits per heavy atom. The second kappa shape index (κ2) is 7.12. The molecule has 0 unspecified atom stereocenters. The fourth-order valence-electron chi connectivity index (χ4n) is 2.99. The number of aliphatic imine (C=N–C) groups is 1. The average molecular weight is 335 g/mol. The summed E-state index contributed by atoms with van der Waals surface area (Å²) < 4.78 is 5.08. The number of guanidine groups is 1. The van der Waals surface area contributed by atoms with Crippen LogP contribution >= 0.6 is 11.3 Å². The summed E-state index contributed by atoms with van der Waals surface area (Å²) in [5.74, 6) is -1.15. The lowest BCUT2D eigenvalue weighted by atomic mass is 9.96. The van der Waals surface area contributed by atoms with Gasteiger partial charge < -0.3 is 9.64 Å². The Labute approximate surface area is 139 Å². The van der Waals surface area contributed by atoms with Gasteiger partial charge in [-0.3, -0.25) is 14.9 Å². The highest BCUT2D eigenvalue weighted by Crippen LogP contribution is 2.33. The number of esters is 1. The molecule has 1 aromatic heterocycles. The van der Waals surface area contributed by atoms with Gasteiger partial charge in [-0.25, -0.2) is 4.99 Å². The zero-order valence-corrected chi connectivity index (χ0v) is 14.0. The van der Waals surface area contributed by atoms with Gasteiger partial charge in [-0.15, -0.1) is 11.3 Å². The van der Waals surface area contributed by atoms with Crippen molar-refractivity contribution in [3.8, 4) is 0 Å². The molecule has 0 aliphatic carbocycles. The third-order valence-electron chi connectivity index (χ3n) is 4.13. The zero-order chi connectivity index (χ0) is 16.2. The van der Waals surface area contributed by atoms with Crippen molar-refractivity contribution in [2.75, 3.05) is 19.7 Å². The summed E-state index contributed by atoms with van der Waals surface area (Å²) in [5, 5.41) is 4.74. The quantitative estimate of drug-likeness (QED) is 0.677. The fourth-order valence-corrected chi connectivity index (χ4v) is 3.79. The van der Waals surface area contributed by atoms with E-state index < -0.39 is 17.9 Å². The summed E-state index contributed by atoms with van der Waals surface area (Å²) >= 11 is 1.51. The molecule has 0 radical (unpaired) electrons.